The molecule has 1 aliphatic rings. The van der Waals surface area contributed by atoms with Crippen LogP contribution < -0.4 is 10.1 Å². The highest BCUT2D eigenvalue weighted by atomic mass is 16.5. The fourth-order valence-corrected chi connectivity index (χ4v) is 3.77. The van der Waals surface area contributed by atoms with Gasteiger partial charge in [-0.15, -0.1) is 0 Å². The Balaban J connectivity index is 1.64. The number of H-pyrrole nitrogens is 1. The lowest BCUT2D eigenvalue weighted by Gasteiger charge is -2.27. The van der Waals surface area contributed by atoms with Gasteiger partial charge in [0.25, 0.3) is 0 Å². The number of fused-ring (bicyclic) bond motifs is 2. The van der Waals surface area contributed by atoms with Gasteiger partial charge in [0.15, 0.2) is 0 Å². The summed E-state index contributed by atoms with van der Waals surface area (Å²) in [5, 5.41) is 12.5. The van der Waals surface area contributed by atoms with Crippen molar-refractivity contribution >= 4 is 16.6 Å². The molecule has 4 heteroatoms. The number of hydrogen-bond donors (Lipinski definition) is 2. The lowest BCUT2D eigenvalue weighted by Crippen LogP contribution is -2.23. The van der Waals surface area contributed by atoms with Crippen LogP contribution in [0.5, 0.6) is 5.75 Å². The average Bonchev–Trinajstić information content (AvgIpc) is 3.02. The number of anilines is 1. The monoisotopic (exact) mass is 363 g/mol. The molecule has 2 N–H and O–H groups in total. The molecule has 3 aromatic rings. The number of rotatable bonds is 3. The molecule has 27 heavy (non-hydrogen) atoms. The average molecular weight is 364 g/mol. The van der Waals surface area contributed by atoms with Gasteiger partial charge in [0.1, 0.15) is 12.4 Å². The molecule has 1 aliphatic heterocycles. The van der Waals surface area contributed by atoms with E-state index in [1.165, 1.54) is 22.2 Å². The standard InChI is InChI=1S/C23H29N3O/c1-22(2,3)15-6-8-17-18(12-15)25-26-20(17)14-23(4,5)16-7-9-21-19(13-16)24-10-11-27-21/h6-9,12-13,24H,10-11,14H2,1-5H3,(H,25,26). The Morgan fingerprint density at radius 2 is 1.78 bits per heavy atom. The molecule has 1 aromatic heterocycles. The summed E-state index contributed by atoms with van der Waals surface area (Å²) in [7, 11) is 0. The van der Waals surface area contributed by atoms with Gasteiger partial charge in [0.2, 0.25) is 0 Å². The molecule has 4 rings (SSSR count). The zero-order valence-electron chi connectivity index (χ0n) is 16.9. The lowest BCUT2D eigenvalue weighted by atomic mass is 9.79. The molecule has 4 nitrogen and oxygen atoms in total. The third-order valence-corrected chi connectivity index (χ3v) is 5.56. The van der Waals surface area contributed by atoms with Crippen molar-refractivity contribution in [1.82, 2.24) is 10.2 Å². The first-order chi connectivity index (χ1) is 12.7. The van der Waals surface area contributed by atoms with Gasteiger partial charge in [0, 0.05) is 17.6 Å². The van der Waals surface area contributed by atoms with Crippen LogP contribution in [0.25, 0.3) is 10.9 Å². The van der Waals surface area contributed by atoms with E-state index in [4.69, 9.17) is 4.74 Å². The SMILES string of the molecule is CC(C)(C)c1ccc2c(CC(C)(C)c3ccc4c(c3)NCCO4)[nH]nc2c1. The molecule has 142 valence electrons. The van der Waals surface area contributed by atoms with Crippen LogP contribution in [0, 0.1) is 0 Å². The van der Waals surface area contributed by atoms with Crippen molar-refractivity contribution in [3.63, 3.8) is 0 Å². The van der Waals surface area contributed by atoms with Gasteiger partial charge in [-0.2, -0.15) is 5.10 Å². The normalized spacial score (nSPS) is 14.6. The summed E-state index contributed by atoms with van der Waals surface area (Å²) in [6.45, 7) is 12.9. The van der Waals surface area contributed by atoms with Crippen LogP contribution in [0.2, 0.25) is 0 Å². The summed E-state index contributed by atoms with van der Waals surface area (Å²) in [6.07, 6.45) is 0.901. The molecule has 0 radical (unpaired) electrons. The second-order valence-corrected chi connectivity index (χ2v) is 9.23. The van der Waals surface area contributed by atoms with Crippen LogP contribution in [0.15, 0.2) is 36.4 Å². The fraction of sp³-hybridized carbons (Fsp3) is 0.435. The molecule has 0 aliphatic carbocycles. The lowest BCUT2D eigenvalue weighted by molar-refractivity contribution is 0.323. The van der Waals surface area contributed by atoms with E-state index in [0.29, 0.717) is 0 Å². The van der Waals surface area contributed by atoms with Crippen molar-refractivity contribution in [2.75, 3.05) is 18.5 Å². The third kappa shape index (κ3) is 3.41. The Morgan fingerprint density at radius 1 is 1.00 bits per heavy atom. The van der Waals surface area contributed by atoms with E-state index in [2.05, 4.69) is 86.5 Å². The second-order valence-electron chi connectivity index (χ2n) is 9.23. The minimum absolute atomic E-state index is 0.0175. The molecule has 2 aromatic carbocycles. The zero-order chi connectivity index (χ0) is 19.2. The highest BCUT2D eigenvalue weighted by molar-refractivity contribution is 5.82. The van der Waals surface area contributed by atoms with E-state index in [0.717, 1.165) is 36.5 Å². The first-order valence-electron chi connectivity index (χ1n) is 9.73. The van der Waals surface area contributed by atoms with Gasteiger partial charge in [-0.1, -0.05) is 52.8 Å². The van der Waals surface area contributed by atoms with E-state index in [9.17, 15) is 0 Å². The zero-order valence-corrected chi connectivity index (χ0v) is 16.9. The quantitative estimate of drug-likeness (QED) is 0.674. The molecule has 0 saturated carbocycles. The number of hydrogen-bond acceptors (Lipinski definition) is 3. The highest BCUT2D eigenvalue weighted by Crippen LogP contribution is 2.36. The highest BCUT2D eigenvalue weighted by Gasteiger charge is 2.25. The fourth-order valence-electron chi connectivity index (χ4n) is 3.77. The molecule has 0 atom stereocenters. The molecule has 0 fully saturated rings. The maximum atomic E-state index is 5.71. The molecule has 0 spiro atoms. The van der Waals surface area contributed by atoms with Gasteiger partial charge in [-0.3, -0.25) is 5.10 Å². The molecule has 2 heterocycles. The number of nitrogens with zero attached hydrogens (tertiary/aromatic N) is 1. The largest absolute Gasteiger partial charge is 0.490 e. The molecule has 0 saturated heterocycles. The Labute approximate surface area is 161 Å². The molecular formula is C23H29N3O. The number of aromatic amines is 1. The summed E-state index contributed by atoms with van der Waals surface area (Å²) in [5.74, 6) is 0.947. The molecule has 0 amide bonds. The van der Waals surface area contributed by atoms with Crippen molar-refractivity contribution in [3.8, 4) is 5.75 Å². The van der Waals surface area contributed by atoms with Crippen LogP contribution in [-0.2, 0) is 17.3 Å². The molecule has 0 bridgehead atoms. The van der Waals surface area contributed by atoms with Crippen molar-refractivity contribution < 1.29 is 4.74 Å². The van der Waals surface area contributed by atoms with Crippen LogP contribution in [-0.4, -0.2) is 23.3 Å². The summed E-state index contributed by atoms with van der Waals surface area (Å²) in [6, 6.07) is 13.1. The van der Waals surface area contributed by atoms with Gasteiger partial charge in [-0.05, 0) is 46.6 Å². The van der Waals surface area contributed by atoms with Crippen molar-refractivity contribution in [1.29, 1.82) is 0 Å². The van der Waals surface area contributed by atoms with Crippen LogP contribution in [0.1, 0.15) is 51.4 Å². The maximum Gasteiger partial charge on any atom is 0.142 e. The van der Waals surface area contributed by atoms with Gasteiger partial charge >= 0.3 is 0 Å². The molecule has 0 unspecified atom stereocenters. The van der Waals surface area contributed by atoms with Crippen molar-refractivity contribution in [2.24, 2.45) is 0 Å². The number of nitrogens with one attached hydrogen (secondary N) is 2. The predicted molar refractivity (Wildman–Crippen MR) is 112 cm³/mol. The van der Waals surface area contributed by atoms with Crippen LogP contribution >= 0.6 is 0 Å². The predicted octanol–water partition coefficient (Wildman–Crippen LogP) is 5.19. The Hall–Kier alpha value is -2.49. The van der Waals surface area contributed by atoms with Crippen molar-refractivity contribution in [3.05, 3.63) is 53.2 Å². The topological polar surface area (TPSA) is 49.9 Å². The summed E-state index contributed by atoms with van der Waals surface area (Å²) in [5.41, 5.74) is 6.06. The Bertz CT molecular complexity index is 979. The number of ether oxygens (including phenoxy) is 1. The maximum absolute atomic E-state index is 5.71. The number of benzene rings is 2. The third-order valence-electron chi connectivity index (χ3n) is 5.56. The first kappa shape index (κ1) is 17.9. The minimum Gasteiger partial charge on any atom is -0.490 e. The van der Waals surface area contributed by atoms with E-state index < -0.39 is 0 Å². The van der Waals surface area contributed by atoms with E-state index in [1.807, 2.05) is 0 Å². The summed E-state index contributed by atoms with van der Waals surface area (Å²) >= 11 is 0. The van der Waals surface area contributed by atoms with Gasteiger partial charge in [-0.25, -0.2) is 0 Å². The van der Waals surface area contributed by atoms with Gasteiger partial charge in [0.05, 0.1) is 11.2 Å². The summed E-state index contributed by atoms with van der Waals surface area (Å²) < 4.78 is 5.71. The van der Waals surface area contributed by atoms with Crippen molar-refractivity contribution in [2.45, 2.75) is 51.9 Å². The van der Waals surface area contributed by atoms with E-state index in [1.54, 1.807) is 0 Å². The second kappa shape index (κ2) is 6.29. The van der Waals surface area contributed by atoms with E-state index >= 15 is 0 Å². The first-order valence-corrected chi connectivity index (χ1v) is 9.73. The number of aromatic nitrogens is 2. The summed E-state index contributed by atoms with van der Waals surface area (Å²) in [4.78, 5) is 0. The Morgan fingerprint density at radius 3 is 2.56 bits per heavy atom. The van der Waals surface area contributed by atoms with E-state index in [-0.39, 0.29) is 10.8 Å². The van der Waals surface area contributed by atoms with Crippen LogP contribution in [0.4, 0.5) is 5.69 Å². The van der Waals surface area contributed by atoms with Crippen LogP contribution in [0.3, 0.4) is 0 Å². The van der Waals surface area contributed by atoms with Gasteiger partial charge < -0.3 is 10.1 Å². The minimum atomic E-state index is -0.0175. The Kier molecular flexibility index (Phi) is 4.17. The smallest absolute Gasteiger partial charge is 0.142 e. The molecular weight excluding hydrogens is 334 g/mol.